The Labute approximate surface area is 203 Å². The largest absolute Gasteiger partial charge is 0.343 e. The molecule has 0 spiro atoms. The molecule has 3 aromatic carbocycles. The fourth-order valence-corrected chi connectivity index (χ4v) is 3.77. The summed E-state index contributed by atoms with van der Waals surface area (Å²) in [7, 11) is 0. The van der Waals surface area contributed by atoms with Crippen LogP contribution in [0.25, 0.3) is 0 Å². The third kappa shape index (κ3) is 6.44. The first-order chi connectivity index (χ1) is 15.9. The Bertz CT molecular complexity index is 1080. The number of rotatable bonds is 8. The van der Waals surface area contributed by atoms with Crippen molar-refractivity contribution in [2.75, 3.05) is 0 Å². The Balaban J connectivity index is 1.77. The Hall–Kier alpha value is -3.15. The number of hydrogen-bond acceptors (Lipinski definition) is 3. The van der Waals surface area contributed by atoms with E-state index in [4.69, 9.17) is 23.2 Å². The van der Waals surface area contributed by atoms with Crippen LogP contribution in [-0.4, -0.2) is 24.1 Å². The maximum Gasteiger partial charge on any atom is 0.262 e. The highest BCUT2D eigenvalue weighted by molar-refractivity contribution is 6.43. The number of carbonyl (C=O) groups excluding carboxylic acids is 2. The van der Waals surface area contributed by atoms with Gasteiger partial charge in [-0.3, -0.25) is 9.59 Å². The van der Waals surface area contributed by atoms with Gasteiger partial charge in [0.05, 0.1) is 22.2 Å². The van der Waals surface area contributed by atoms with Crippen molar-refractivity contribution in [3.63, 3.8) is 0 Å². The van der Waals surface area contributed by atoms with E-state index in [-0.39, 0.29) is 11.8 Å². The molecular formula is C26H25Cl2N3O2. The molecule has 0 radical (unpaired) electrons. The van der Waals surface area contributed by atoms with E-state index in [1.165, 1.54) is 6.21 Å². The maximum absolute atomic E-state index is 13.4. The van der Waals surface area contributed by atoms with Crippen molar-refractivity contribution >= 4 is 41.2 Å². The van der Waals surface area contributed by atoms with Gasteiger partial charge < -0.3 is 5.32 Å². The SMILES string of the molecule is CC(C)C(NC(=O)C(c1ccccc1)c1ccccc1)C(=O)N/N=C/c1cccc(Cl)c1Cl. The third-order valence-electron chi connectivity index (χ3n) is 5.13. The van der Waals surface area contributed by atoms with Gasteiger partial charge in [0.1, 0.15) is 6.04 Å². The highest BCUT2D eigenvalue weighted by Crippen LogP contribution is 2.26. The number of hydrazone groups is 1. The number of halogens is 2. The number of carbonyl (C=O) groups is 2. The number of nitrogens with zero attached hydrogens (tertiary/aromatic N) is 1. The minimum atomic E-state index is -0.778. The molecule has 0 saturated heterocycles. The summed E-state index contributed by atoms with van der Waals surface area (Å²) in [4.78, 5) is 26.2. The number of hydrogen-bond donors (Lipinski definition) is 2. The van der Waals surface area contributed by atoms with Gasteiger partial charge in [0.15, 0.2) is 0 Å². The molecule has 3 aromatic rings. The van der Waals surface area contributed by atoms with Crippen LogP contribution >= 0.6 is 23.2 Å². The molecule has 33 heavy (non-hydrogen) atoms. The number of benzene rings is 3. The van der Waals surface area contributed by atoms with Gasteiger partial charge in [-0.15, -0.1) is 0 Å². The minimum Gasteiger partial charge on any atom is -0.343 e. The lowest BCUT2D eigenvalue weighted by Crippen LogP contribution is -2.50. The lowest BCUT2D eigenvalue weighted by Gasteiger charge is -2.24. The van der Waals surface area contributed by atoms with Gasteiger partial charge >= 0.3 is 0 Å². The zero-order valence-corrected chi connectivity index (χ0v) is 19.8. The fraction of sp³-hybridized carbons (Fsp3) is 0.192. The summed E-state index contributed by atoms with van der Waals surface area (Å²) in [5, 5.41) is 7.65. The van der Waals surface area contributed by atoms with Gasteiger partial charge in [-0.2, -0.15) is 5.10 Å². The number of amides is 2. The first-order valence-electron chi connectivity index (χ1n) is 10.6. The van der Waals surface area contributed by atoms with Crippen LogP contribution in [0.1, 0.15) is 36.5 Å². The summed E-state index contributed by atoms with van der Waals surface area (Å²) >= 11 is 12.2. The van der Waals surface area contributed by atoms with Crippen molar-refractivity contribution in [2.45, 2.75) is 25.8 Å². The quantitative estimate of drug-likeness (QED) is 0.333. The van der Waals surface area contributed by atoms with Crippen LogP contribution in [0.5, 0.6) is 0 Å². The molecule has 0 heterocycles. The maximum atomic E-state index is 13.4. The topological polar surface area (TPSA) is 70.6 Å². The molecule has 0 aromatic heterocycles. The van der Waals surface area contributed by atoms with Crippen LogP contribution in [0.15, 0.2) is 84.0 Å². The molecule has 0 bridgehead atoms. The van der Waals surface area contributed by atoms with Crippen LogP contribution in [0, 0.1) is 5.92 Å². The second kappa shape index (κ2) is 11.6. The summed E-state index contributed by atoms with van der Waals surface area (Å²) in [5.41, 5.74) is 4.76. The zero-order valence-electron chi connectivity index (χ0n) is 18.3. The molecule has 7 heteroatoms. The first-order valence-corrected chi connectivity index (χ1v) is 11.3. The molecule has 5 nitrogen and oxygen atoms in total. The normalized spacial score (nSPS) is 12.2. The zero-order chi connectivity index (χ0) is 23.8. The van der Waals surface area contributed by atoms with Gasteiger partial charge in [-0.1, -0.05) is 110 Å². The lowest BCUT2D eigenvalue weighted by molar-refractivity contribution is -0.130. The van der Waals surface area contributed by atoms with Crippen molar-refractivity contribution in [1.29, 1.82) is 0 Å². The molecule has 0 aliphatic heterocycles. The van der Waals surface area contributed by atoms with E-state index < -0.39 is 17.9 Å². The van der Waals surface area contributed by atoms with Gasteiger partial charge in [0.25, 0.3) is 5.91 Å². The van der Waals surface area contributed by atoms with Crippen molar-refractivity contribution < 1.29 is 9.59 Å². The fourth-order valence-electron chi connectivity index (χ4n) is 3.41. The van der Waals surface area contributed by atoms with Crippen molar-refractivity contribution in [3.05, 3.63) is 106 Å². The molecule has 2 N–H and O–H groups in total. The molecule has 3 rings (SSSR count). The predicted molar refractivity (Wildman–Crippen MR) is 134 cm³/mol. The predicted octanol–water partition coefficient (Wildman–Crippen LogP) is 5.42. The highest BCUT2D eigenvalue weighted by atomic mass is 35.5. The molecule has 1 atom stereocenters. The molecule has 170 valence electrons. The average molecular weight is 482 g/mol. The van der Waals surface area contributed by atoms with Crippen molar-refractivity contribution in [2.24, 2.45) is 11.0 Å². The third-order valence-corrected chi connectivity index (χ3v) is 5.97. The van der Waals surface area contributed by atoms with E-state index in [2.05, 4.69) is 15.8 Å². The molecular weight excluding hydrogens is 457 g/mol. The van der Waals surface area contributed by atoms with Crippen molar-refractivity contribution in [3.8, 4) is 0 Å². The highest BCUT2D eigenvalue weighted by Gasteiger charge is 2.29. The van der Waals surface area contributed by atoms with Gasteiger partial charge in [0.2, 0.25) is 5.91 Å². The van der Waals surface area contributed by atoms with E-state index in [1.54, 1.807) is 18.2 Å². The molecule has 0 aliphatic rings. The number of nitrogens with one attached hydrogen (secondary N) is 2. The molecule has 0 fully saturated rings. The average Bonchev–Trinajstić information content (AvgIpc) is 2.81. The molecule has 1 unspecified atom stereocenters. The second-order valence-corrected chi connectivity index (χ2v) is 8.65. The Morgan fingerprint density at radius 1 is 0.818 bits per heavy atom. The Kier molecular flexibility index (Phi) is 8.64. The Morgan fingerprint density at radius 2 is 1.39 bits per heavy atom. The van der Waals surface area contributed by atoms with E-state index in [1.807, 2.05) is 74.5 Å². The summed E-state index contributed by atoms with van der Waals surface area (Å²) in [6.45, 7) is 3.73. The minimum absolute atomic E-state index is 0.161. The van der Waals surface area contributed by atoms with E-state index in [9.17, 15) is 9.59 Å². The smallest absolute Gasteiger partial charge is 0.262 e. The van der Waals surface area contributed by atoms with E-state index in [0.717, 1.165) is 11.1 Å². The van der Waals surface area contributed by atoms with E-state index >= 15 is 0 Å². The monoisotopic (exact) mass is 481 g/mol. The summed E-state index contributed by atoms with van der Waals surface area (Å²) in [6.07, 6.45) is 1.42. The van der Waals surface area contributed by atoms with Crippen LogP contribution in [-0.2, 0) is 9.59 Å². The van der Waals surface area contributed by atoms with Gasteiger partial charge in [0, 0.05) is 5.56 Å². The van der Waals surface area contributed by atoms with Crippen LogP contribution in [0.4, 0.5) is 0 Å². The van der Waals surface area contributed by atoms with E-state index in [0.29, 0.717) is 15.6 Å². The van der Waals surface area contributed by atoms with Crippen molar-refractivity contribution in [1.82, 2.24) is 10.7 Å². The molecule has 0 saturated carbocycles. The van der Waals surface area contributed by atoms with Crippen LogP contribution < -0.4 is 10.7 Å². The molecule has 0 aliphatic carbocycles. The summed E-state index contributed by atoms with van der Waals surface area (Å²) in [5.74, 6) is -1.39. The van der Waals surface area contributed by atoms with Crippen LogP contribution in [0.3, 0.4) is 0 Å². The summed E-state index contributed by atoms with van der Waals surface area (Å²) in [6, 6.07) is 23.3. The Morgan fingerprint density at radius 3 is 1.94 bits per heavy atom. The molecule has 2 amide bonds. The first kappa shape index (κ1) is 24.5. The van der Waals surface area contributed by atoms with Gasteiger partial charge in [-0.05, 0) is 23.1 Å². The standard InChI is InChI=1S/C26H25Cl2N3O2/c1-17(2)24(26(33)31-29-16-20-14-9-15-21(27)23(20)28)30-25(32)22(18-10-5-3-6-11-18)19-12-7-4-8-13-19/h3-17,22,24H,1-2H3,(H,30,32)(H,31,33)/b29-16+. The second-order valence-electron chi connectivity index (χ2n) is 7.86. The lowest BCUT2D eigenvalue weighted by atomic mass is 9.89. The summed E-state index contributed by atoms with van der Waals surface area (Å²) < 4.78 is 0. The van der Waals surface area contributed by atoms with Gasteiger partial charge in [-0.25, -0.2) is 5.43 Å². The van der Waals surface area contributed by atoms with Crippen LogP contribution in [0.2, 0.25) is 10.0 Å².